The van der Waals surface area contributed by atoms with Gasteiger partial charge in [0, 0.05) is 20.2 Å². The van der Waals surface area contributed by atoms with Crippen LogP contribution in [0, 0.1) is 0 Å². The number of ether oxygens (including phenoxy) is 2. The number of nitrogens with one attached hydrogen (secondary N) is 3. The number of likely N-dealkylation sites (N-methyl/N-ethyl adjacent to an activating group) is 1. The number of benzene rings is 1. The normalized spacial score (nSPS) is 19.7. The summed E-state index contributed by atoms with van der Waals surface area (Å²) in [5, 5.41) is 7.61. The Bertz CT molecular complexity index is 907. The molecular formula is C22H31N5O7. The van der Waals surface area contributed by atoms with Crippen LogP contribution in [0.5, 0.6) is 5.75 Å². The number of nitrogens with two attached hydrogens (primary N) is 1. The van der Waals surface area contributed by atoms with Crippen molar-refractivity contribution in [3.05, 3.63) is 29.8 Å². The summed E-state index contributed by atoms with van der Waals surface area (Å²) < 4.78 is 10.9. The van der Waals surface area contributed by atoms with Crippen LogP contribution in [-0.2, 0) is 23.9 Å². The lowest BCUT2D eigenvalue weighted by molar-refractivity contribution is -0.137. The average molecular weight is 478 g/mol. The first kappa shape index (κ1) is 26.6. The van der Waals surface area contributed by atoms with Crippen molar-refractivity contribution in [1.29, 1.82) is 0 Å². The van der Waals surface area contributed by atoms with Crippen molar-refractivity contribution in [2.24, 2.45) is 5.73 Å². The van der Waals surface area contributed by atoms with E-state index >= 15 is 0 Å². The molecule has 0 spiro atoms. The van der Waals surface area contributed by atoms with Gasteiger partial charge in [0.15, 0.2) is 0 Å². The molecule has 1 aliphatic rings. The SMILES string of the molecule is CCOCCNC(=O)[C@@H]1CC(=O)N[C@@H](CC(N)=O)C(=O)N(C)CCOc2ccccc2C(=O)N1. The van der Waals surface area contributed by atoms with E-state index in [1.165, 1.54) is 18.0 Å². The second-order valence-electron chi connectivity index (χ2n) is 7.61. The maximum atomic E-state index is 12.9. The van der Waals surface area contributed by atoms with Gasteiger partial charge >= 0.3 is 0 Å². The minimum Gasteiger partial charge on any atom is -0.491 e. The summed E-state index contributed by atoms with van der Waals surface area (Å²) in [7, 11) is 1.49. The van der Waals surface area contributed by atoms with Gasteiger partial charge in [0.1, 0.15) is 24.4 Å². The fourth-order valence-electron chi connectivity index (χ4n) is 3.25. The quantitative estimate of drug-likeness (QED) is 0.348. The summed E-state index contributed by atoms with van der Waals surface area (Å²) in [6.45, 7) is 2.89. The molecular weight excluding hydrogens is 446 g/mol. The van der Waals surface area contributed by atoms with Gasteiger partial charge in [-0.05, 0) is 19.1 Å². The number of hydrogen-bond donors (Lipinski definition) is 4. The Hall–Kier alpha value is -3.67. The molecule has 0 bridgehead atoms. The molecule has 0 radical (unpaired) electrons. The molecule has 34 heavy (non-hydrogen) atoms. The summed E-state index contributed by atoms with van der Waals surface area (Å²) in [4.78, 5) is 64.0. The Morgan fingerprint density at radius 2 is 1.97 bits per heavy atom. The van der Waals surface area contributed by atoms with Crippen molar-refractivity contribution in [3.63, 3.8) is 0 Å². The van der Waals surface area contributed by atoms with Crippen LogP contribution in [0.1, 0.15) is 30.1 Å². The number of amides is 5. The molecule has 1 heterocycles. The van der Waals surface area contributed by atoms with Crippen molar-refractivity contribution in [1.82, 2.24) is 20.9 Å². The van der Waals surface area contributed by atoms with Crippen LogP contribution in [0.2, 0.25) is 0 Å². The minimum absolute atomic E-state index is 0.0467. The Morgan fingerprint density at radius 3 is 2.68 bits per heavy atom. The summed E-state index contributed by atoms with van der Waals surface area (Å²) >= 11 is 0. The van der Waals surface area contributed by atoms with Crippen LogP contribution in [0.25, 0.3) is 0 Å². The van der Waals surface area contributed by atoms with E-state index in [0.717, 1.165) is 0 Å². The molecule has 1 aromatic carbocycles. The van der Waals surface area contributed by atoms with Gasteiger partial charge in [0.05, 0.1) is 31.6 Å². The van der Waals surface area contributed by atoms with E-state index in [-0.39, 0.29) is 37.6 Å². The van der Waals surface area contributed by atoms with Gasteiger partial charge in [0.2, 0.25) is 23.6 Å². The predicted octanol–water partition coefficient (Wildman–Crippen LogP) is -1.46. The van der Waals surface area contributed by atoms with Crippen molar-refractivity contribution < 1.29 is 33.4 Å². The Morgan fingerprint density at radius 1 is 1.24 bits per heavy atom. The zero-order chi connectivity index (χ0) is 25.1. The van der Waals surface area contributed by atoms with Gasteiger partial charge in [-0.3, -0.25) is 24.0 Å². The minimum atomic E-state index is -1.26. The largest absolute Gasteiger partial charge is 0.491 e. The molecule has 1 aliphatic heterocycles. The third-order valence-electron chi connectivity index (χ3n) is 4.99. The van der Waals surface area contributed by atoms with E-state index in [1.807, 2.05) is 6.92 Å². The zero-order valence-electron chi connectivity index (χ0n) is 19.3. The Kier molecular flexibility index (Phi) is 10.3. The lowest BCUT2D eigenvalue weighted by Crippen LogP contribution is -2.53. The van der Waals surface area contributed by atoms with E-state index in [1.54, 1.807) is 18.2 Å². The first-order chi connectivity index (χ1) is 16.2. The number of hydrogen-bond acceptors (Lipinski definition) is 7. The number of nitrogens with zero attached hydrogens (tertiary/aromatic N) is 1. The smallest absolute Gasteiger partial charge is 0.255 e. The monoisotopic (exact) mass is 477 g/mol. The molecule has 5 amide bonds. The number of primary amides is 1. The summed E-state index contributed by atoms with van der Waals surface area (Å²) in [5.41, 5.74) is 5.42. The van der Waals surface area contributed by atoms with Crippen LogP contribution in [0.15, 0.2) is 24.3 Å². The fourth-order valence-corrected chi connectivity index (χ4v) is 3.25. The number of carbonyl (C=O) groups excluding carboxylic acids is 5. The molecule has 12 nitrogen and oxygen atoms in total. The van der Waals surface area contributed by atoms with Crippen LogP contribution in [0.3, 0.4) is 0 Å². The summed E-state index contributed by atoms with van der Waals surface area (Å²) in [6, 6.07) is 3.95. The zero-order valence-corrected chi connectivity index (χ0v) is 19.3. The van der Waals surface area contributed by atoms with Crippen molar-refractivity contribution in [2.45, 2.75) is 31.8 Å². The van der Waals surface area contributed by atoms with Crippen LogP contribution < -0.4 is 26.4 Å². The highest BCUT2D eigenvalue weighted by molar-refractivity contribution is 6.01. The van der Waals surface area contributed by atoms with Gasteiger partial charge in [-0.25, -0.2) is 0 Å². The molecule has 2 atom stereocenters. The number of para-hydroxylation sites is 1. The van der Waals surface area contributed by atoms with Gasteiger partial charge < -0.3 is 36.1 Å². The second-order valence-corrected chi connectivity index (χ2v) is 7.61. The topological polar surface area (TPSA) is 169 Å². The Labute approximate surface area is 197 Å². The fraction of sp³-hybridized carbons (Fsp3) is 0.500. The number of carbonyl (C=O) groups is 5. The maximum absolute atomic E-state index is 12.9. The molecule has 0 saturated carbocycles. The molecule has 0 aliphatic carbocycles. The molecule has 186 valence electrons. The molecule has 5 N–H and O–H groups in total. The predicted molar refractivity (Wildman–Crippen MR) is 121 cm³/mol. The van der Waals surface area contributed by atoms with Crippen molar-refractivity contribution in [2.75, 3.05) is 40.0 Å². The summed E-state index contributed by atoms with van der Waals surface area (Å²) in [5.74, 6) is -2.99. The third kappa shape index (κ3) is 8.03. The van der Waals surface area contributed by atoms with Crippen LogP contribution >= 0.6 is 0 Å². The van der Waals surface area contributed by atoms with Gasteiger partial charge in [-0.15, -0.1) is 0 Å². The van der Waals surface area contributed by atoms with E-state index in [0.29, 0.717) is 6.61 Å². The first-order valence-corrected chi connectivity index (χ1v) is 10.9. The van der Waals surface area contributed by atoms with Gasteiger partial charge in [0.25, 0.3) is 5.91 Å². The standard InChI is InChI=1S/C22H31N5O7/c1-3-33-10-8-24-21(31)15-13-19(29)25-16(12-18(23)28)22(32)27(2)9-11-34-17-7-5-4-6-14(17)20(30)26-15/h4-7,15-16H,3,8-13H2,1-2H3,(H2,23,28)(H,24,31)(H,25,29)(H,26,30)/t15-,16-/m0/s1. The molecule has 0 fully saturated rings. The molecule has 0 saturated heterocycles. The lowest BCUT2D eigenvalue weighted by Gasteiger charge is -2.26. The molecule has 0 aromatic heterocycles. The van der Waals surface area contributed by atoms with Crippen LogP contribution in [0.4, 0.5) is 0 Å². The number of fused-ring (bicyclic) bond motifs is 1. The third-order valence-corrected chi connectivity index (χ3v) is 4.99. The van der Waals surface area contributed by atoms with E-state index in [4.69, 9.17) is 15.2 Å². The maximum Gasteiger partial charge on any atom is 0.255 e. The number of rotatable bonds is 7. The average Bonchev–Trinajstić information content (AvgIpc) is 2.79. The molecule has 12 heteroatoms. The first-order valence-electron chi connectivity index (χ1n) is 10.9. The Balaban J connectivity index is 2.32. The lowest BCUT2D eigenvalue weighted by atomic mass is 10.1. The van der Waals surface area contributed by atoms with Gasteiger partial charge in [-0.1, -0.05) is 12.1 Å². The van der Waals surface area contributed by atoms with E-state index in [2.05, 4.69) is 16.0 Å². The molecule has 0 unspecified atom stereocenters. The van der Waals surface area contributed by atoms with Gasteiger partial charge in [-0.2, -0.15) is 0 Å². The van der Waals surface area contributed by atoms with E-state index < -0.39 is 54.5 Å². The highest BCUT2D eigenvalue weighted by atomic mass is 16.5. The van der Waals surface area contributed by atoms with Crippen molar-refractivity contribution >= 4 is 29.5 Å². The van der Waals surface area contributed by atoms with E-state index in [9.17, 15) is 24.0 Å². The highest BCUT2D eigenvalue weighted by Gasteiger charge is 2.30. The highest BCUT2D eigenvalue weighted by Crippen LogP contribution is 2.18. The molecule has 2 rings (SSSR count). The summed E-state index contributed by atoms with van der Waals surface area (Å²) in [6.07, 6.45) is -0.891. The van der Waals surface area contributed by atoms with Crippen molar-refractivity contribution in [3.8, 4) is 5.75 Å². The molecule has 1 aromatic rings. The van der Waals surface area contributed by atoms with Crippen LogP contribution in [-0.4, -0.2) is 86.5 Å². The second kappa shape index (κ2) is 13.1.